The Morgan fingerprint density at radius 3 is 2.71 bits per heavy atom. The van der Waals surface area contributed by atoms with Crippen molar-refractivity contribution in [3.8, 4) is 0 Å². The molecule has 0 aliphatic carbocycles. The van der Waals surface area contributed by atoms with E-state index in [1.54, 1.807) is 11.3 Å². The van der Waals surface area contributed by atoms with Crippen molar-refractivity contribution in [1.82, 2.24) is 9.88 Å². The third-order valence-corrected chi connectivity index (χ3v) is 3.61. The second-order valence-corrected chi connectivity index (χ2v) is 4.60. The van der Waals surface area contributed by atoms with E-state index in [4.69, 9.17) is 12.2 Å². The van der Waals surface area contributed by atoms with E-state index in [1.165, 1.54) is 4.70 Å². The van der Waals surface area contributed by atoms with E-state index in [0.717, 1.165) is 15.5 Å². The molecule has 0 atom stereocenters. The Kier molecular flexibility index (Phi) is 2.48. The topological polar surface area (TPSA) is 16.1 Å². The van der Waals surface area contributed by atoms with Gasteiger partial charge in [-0.1, -0.05) is 24.4 Å². The van der Waals surface area contributed by atoms with Crippen molar-refractivity contribution in [3.05, 3.63) is 29.3 Å². The highest BCUT2D eigenvalue weighted by Gasteiger charge is 2.09. The Bertz CT molecular complexity index is 441. The van der Waals surface area contributed by atoms with Crippen LogP contribution in [0.15, 0.2) is 24.3 Å². The maximum Gasteiger partial charge on any atom is 0.152 e. The van der Waals surface area contributed by atoms with E-state index in [0.29, 0.717) is 0 Å². The molecule has 0 radical (unpaired) electrons. The van der Waals surface area contributed by atoms with Gasteiger partial charge in [-0.2, -0.15) is 0 Å². The van der Waals surface area contributed by atoms with Crippen LogP contribution in [0, 0.1) is 0 Å². The smallest absolute Gasteiger partial charge is 0.152 e. The Balaban J connectivity index is 2.50. The van der Waals surface area contributed by atoms with Crippen molar-refractivity contribution in [3.63, 3.8) is 0 Å². The van der Waals surface area contributed by atoms with Crippen molar-refractivity contribution in [2.75, 3.05) is 14.1 Å². The number of fused-ring (bicyclic) bond motifs is 1. The SMILES string of the molecule is CN(C)C(=S)c1nc2ccccc2s1. The number of aromatic nitrogens is 1. The lowest BCUT2D eigenvalue weighted by Gasteiger charge is -2.09. The minimum atomic E-state index is 0.797. The van der Waals surface area contributed by atoms with E-state index < -0.39 is 0 Å². The van der Waals surface area contributed by atoms with Gasteiger partial charge in [-0.25, -0.2) is 4.98 Å². The van der Waals surface area contributed by atoms with Crippen molar-refractivity contribution in [1.29, 1.82) is 0 Å². The summed E-state index contributed by atoms with van der Waals surface area (Å²) in [6.07, 6.45) is 0. The van der Waals surface area contributed by atoms with Crippen molar-refractivity contribution in [2.45, 2.75) is 0 Å². The van der Waals surface area contributed by atoms with E-state index in [9.17, 15) is 0 Å². The van der Waals surface area contributed by atoms with Gasteiger partial charge in [0.05, 0.1) is 10.2 Å². The Morgan fingerprint density at radius 2 is 2.07 bits per heavy atom. The van der Waals surface area contributed by atoms with Crippen molar-refractivity contribution >= 4 is 38.8 Å². The first-order valence-electron chi connectivity index (χ1n) is 4.25. The molecule has 72 valence electrons. The summed E-state index contributed by atoms with van der Waals surface area (Å²) < 4.78 is 1.19. The number of para-hydroxylation sites is 1. The first kappa shape index (κ1) is 9.55. The minimum absolute atomic E-state index is 0.797. The average molecular weight is 222 g/mol. The summed E-state index contributed by atoms with van der Waals surface area (Å²) in [4.78, 5) is 7.18. The van der Waals surface area contributed by atoms with Crippen molar-refractivity contribution < 1.29 is 0 Å². The summed E-state index contributed by atoms with van der Waals surface area (Å²) in [5.41, 5.74) is 1.02. The van der Waals surface area contributed by atoms with E-state index >= 15 is 0 Å². The molecule has 0 amide bonds. The third kappa shape index (κ3) is 1.63. The summed E-state index contributed by atoms with van der Waals surface area (Å²) in [6, 6.07) is 8.08. The first-order valence-corrected chi connectivity index (χ1v) is 5.48. The van der Waals surface area contributed by atoms with Crippen molar-refractivity contribution in [2.24, 2.45) is 0 Å². The molecule has 2 nitrogen and oxygen atoms in total. The number of thiazole rings is 1. The van der Waals surface area contributed by atoms with Crippen LogP contribution in [0.3, 0.4) is 0 Å². The van der Waals surface area contributed by atoms with Crippen LogP contribution < -0.4 is 0 Å². The molecule has 0 unspecified atom stereocenters. The Hall–Kier alpha value is -1.00. The fourth-order valence-electron chi connectivity index (χ4n) is 1.15. The quantitative estimate of drug-likeness (QED) is 0.690. The number of hydrogen-bond donors (Lipinski definition) is 0. The van der Waals surface area contributed by atoms with Gasteiger partial charge >= 0.3 is 0 Å². The molecule has 2 rings (SSSR count). The van der Waals surface area contributed by atoms with Crippen LogP contribution in [0.25, 0.3) is 10.2 Å². The molecule has 0 N–H and O–H groups in total. The van der Waals surface area contributed by atoms with Gasteiger partial charge in [0.2, 0.25) is 0 Å². The molecular weight excluding hydrogens is 212 g/mol. The summed E-state index contributed by atoms with van der Waals surface area (Å²) in [7, 11) is 3.88. The molecule has 0 spiro atoms. The molecule has 2 aromatic rings. The zero-order valence-corrected chi connectivity index (χ0v) is 9.65. The lowest BCUT2D eigenvalue weighted by molar-refractivity contribution is 0.636. The van der Waals surface area contributed by atoms with Gasteiger partial charge in [0.15, 0.2) is 5.01 Å². The molecule has 4 heteroatoms. The fraction of sp³-hybridized carbons (Fsp3) is 0.200. The minimum Gasteiger partial charge on any atom is -0.366 e. The number of hydrogen-bond acceptors (Lipinski definition) is 3. The monoisotopic (exact) mass is 222 g/mol. The molecule has 1 aromatic heterocycles. The molecular formula is C10H10N2S2. The van der Waals surface area contributed by atoms with E-state index in [1.807, 2.05) is 37.2 Å². The maximum atomic E-state index is 5.26. The van der Waals surface area contributed by atoms with Gasteiger partial charge in [-0.05, 0) is 12.1 Å². The lowest BCUT2D eigenvalue weighted by Crippen LogP contribution is -2.20. The van der Waals surface area contributed by atoms with Crippen LogP contribution in [0.4, 0.5) is 0 Å². The number of thiocarbonyl (C=S) groups is 1. The van der Waals surface area contributed by atoms with Gasteiger partial charge in [-0.3, -0.25) is 0 Å². The summed E-state index contributed by atoms with van der Waals surface area (Å²) in [5, 5.41) is 0.922. The van der Waals surface area contributed by atoms with E-state index in [-0.39, 0.29) is 0 Å². The summed E-state index contributed by atoms with van der Waals surface area (Å²) >= 11 is 6.90. The van der Waals surface area contributed by atoms with Crippen LogP contribution in [0.2, 0.25) is 0 Å². The highest BCUT2D eigenvalue weighted by atomic mass is 32.1. The van der Waals surface area contributed by atoms with Crippen LogP contribution >= 0.6 is 23.6 Å². The van der Waals surface area contributed by atoms with Crippen LogP contribution in [-0.4, -0.2) is 29.0 Å². The zero-order valence-electron chi connectivity index (χ0n) is 8.02. The highest BCUT2D eigenvalue weighted by molar-refractivity contribution is 7.81. The highest BCUT2D eigenvalue weighted by Crippen LogP contribution is 2.22. The molecule has 14 heavy (non-hydrogen) atoms. The predicted molar refractivity (Wildman–Crippen MR) is 65.0 cm³/mol. The standard InChI is InChI=1S/C10H10N2S2/c1-12(2)10(13)9-11-7-5-3-4-6-8(7)14-9/h3-6H,1-2H3. The first-order chi connectivity index (χ1) is 6.68. The zero-order chi connectivity index (χ0) is 10.1. The Labute approximate surface area is 92.2 Å². The number of nitrogens with zero attached hydrogens (tertiary/aromatic N) is 2. The molecule has 0 fully saturated rings. The van der Waals surface area contributed by atoms with Gasteiger partial charge in [-0.15, -0.1) is 11.3 Å². The van der Waals surface area contributed by atoms with Gasteiger partial charge in [0, 0.05) is 14.1 Å². The fourth-order valence-corrected chi connectivity index (χ4v) is 2.31. The molecule has 1 heterocycles. The second kappa shape index (κ2) is 3.63. The van der Waals surface area contributed by atoms with Gasteiger partial charge in [0.1, 0.15) is 4.99 Å². The van der Waals surface area contributed by atoms with Crippen LogP contribution in [-0.2, 0) is 0 Å². The summed E-state index contributed by atoms with van der Waals surface area (Å²) in [5.74, 6) is 0. The third-order valence-electron chi connectivity index (χ3n) is 1.88. The van der Waals surface area contributed by atoms with Gasteiger partial charge in [0.25, 0.3) is 0 Å². The maximum absolute atomic E-state index is 5.26. The average Bonchev–Trinajstić information content (AvgIpc) is 2.59. The molecule has 1 aromatic carbocycles. The second-order valence-electron chi connectivity index (χ2n) is 3.19. The van der Waals surface area contributed by atoms with Crippen LogP contribution in [0.1, 0.15) is 5.01 Å². The molecule has 0 aliphatic rings. The van der Waals surface area contributed by atoms with Crippen LogP contribution in [0.5, 0.6) is 0 Å². The lowest BCUT2D eigenvalue weighted by atomic mass is 10.3. The number of benzene rings is 1. The van der Waals surface area contributed by atoms with E-state index in [2.05, 4.69) is 11.1 Å². The summed E-state index contributed by atoms with van der Waals surface area (Å²) in [6.45, 7) is 0. The normalized spacial score (nSPS) is 10.4. The molecule has 0 saturated carbocycles. The largest absolute Gasteiger partial charge is 0.366 e. The number of rotatable bonds is 1. The molecule has 0 aliphatic heterocycles. The Morgan fingerprint density at radius 1 is 1.36 bits per heavy atom. The molecule has 0 saturated heterocycles. The predicted octanol–water partition coefficient (Wildman–Crippen LogP) is 2.53. The molecule has 0 bridgehead atoms. The van der Waals surface area contributed by atoms with Gasteiger partial charge < -0.3 is 4.90 Å².